The Hall–Kier alpha value is -4.25. The lowest BCUT2D eigenvalue weighted by Crippen LogP contribution is -2.33. The molecule has 4 aromatic rings. The summed E-state index contributed by atoms with van der Waals surface area (Å²) in [5.41, 5.74) is 3.92. The van der Waals surface area contributed by atoms with E-state index in [0.717, 1.165) is 16.8 Å². The van der Waals surface area contributed by atoms with Crippen molar-refractivity contribution in [2.45, 2.75) is 39.2 Å². The van der Waals surface area contributed by atoms with Gasteiger partial charge in [0.25, 0.3) is 5.91 Å². The number of pyridine rings is 1. The fourth-order valence-corrected chi connectivity index (χ4v) is 3.74. The van der Waals surface area contributed by atoms with Crippen molar-refractivity contribution in [2.24, 2.45) is 0 Å². The number of nitriles is 1. The quantitative estimate of drug-likeness (QED) is 0.392. The minimum Gasteiger partial charge on any atom is -0.497 e. The molecule has 1 aromatic carbocycles. The van der Waals surface area contributed by atoms with E-state index in [-0.39, 0.29) is 24.3 Å². The van der Waals surface area contributed by atoms with Gasteiger partial charge in [0.15, 0.2) is 5.65 Å². The number of nitrogens with zero attached hydrogens (tertiary/aromatic N) is 6. The molecule has 0 saturated heterocycles. The number of hydrogen-bond donors (Lipinski definition) is 0. The molecule has 178 valence electrons. The second-order valence-electron chi connectivity index (χ2n) is 9.30. The molecule has 4 rings (SSSR count). The molecule has 8 heteroatoms. The third-order valence-electron chi connectivity index (χ3n) is 5.66. The molecule has 0 atom stereocenters. The summed E-state index contributed by atoms with van der Waals surface area (Å²) in [5.74, 6) is 0.470. The first-order valence-corrected chi connectivity index (χ1v) is 11.4. The Kier molecular flexibility index (Phi) is 6.78. The van der Waals surface area contributed by atoms with Gasteiger partial charge in [-0.2, -0.15) is 10.4 Å². The molecule has 0 fully saturated rings. The van der Waals surface area contributed by atoms with E-state index in [1.54, 1.807) is 35.0 Å². The number of rotatable bonds is 7. The van der Waals surface area contributed by atoms with Gasteiger partial charge in [-0.25, -0.2) is 9.50 Å². The summed E-state index contributed by atoms with van der Waals surface area (Å²) < 4.78 is 6.99. The van der Waals surface area contributed by atoms with Crippen LogP contribution in [0.25, 0.3) is 16.9 Å². The van der Waals surface area contributed by atoms with Crippen LogP contribution >= 0.6 is 0 Å². The summed E-state index contributed by atoms with van der Waals surface area (Å²) in [5, 5.41) is 13.9. The molecule has 0 aliphatic carbocycles. The van der Waals surface area contributed by atoms with Crippen LogP contribution in [0.1, 0.15) is 48.9 Å². The van der Waals surface area contributed by atoms with Gasteiger partial charge in [0.05, 0.1) is 31.0 Å². The Bertz CT molecular complexity index is 1380. The lowest BCUT2D eigenvalue weighted by atomic mass is 9.93. The molecule has 0 bridgehead atoms. The van der Waals surface area contributed by atoms with Gasteiger partial charge in [-0.05, 0) is 29.8 Å². The summed E-state index contributed by atoms with van der Waals surface area (Å²) in [6.07, 6.45) is 3.63. The maximum atomic E-state index is 13.9. The van der Waals surface area contributed by atoms with Crippen molar-refractivity contribution in [3.05, 3.63) is 77.9 Å². The van der Waals surface area contributed by atoms with Crippen molar-refractivity contribution < 1.29 is 9.53 Å². The maximum Gasteiger partial charge on any atom is 0.273 e. The van der Waals surface area contributed by atoms with Crippen molar-refractivity contribution in [2.75, 3.05) is 13.7 Å². The summed E-state index contributed by atoms with van der Waals surface area (Å²) in [6.45, 7) is 6.83. The second-order valence-corrected chi connectivity index (χ2v) is 9.30. The summed E-state index contributed by atoms with van der Waals surface area (Å²) in [7, 11) is 1.61. The Morgan fingerprint density at radius 2 is 2.00 bits per heavy atom. The number of ether oxygens (including phenoxy) is 1. The van der Waals surface area contributed by atoms with Crippen LogP contribution in [0.2, 0.25) is 0 Å². The lowest BCUT2D eigenvalue weighted by molar-refractivity contribution is 0.0737. The van der Waals surface area contributed by atoms with Gasteiger partial charge in [0.1, 0.15) is 11.4 Å². The number of carbonyl (C=O) groups is 1. The molecule has 3 aromatic heterocycles. The molecule has 3 heterocycles. The molecule has 0 spiro atoms. The van der Waals surface area contributed by atoms with E-state index >= 15 is 0 Å². The molecule has 35 heavy (non-hydrogen) atoms. The van der Waals surface area contributed by atoms with Crippen molar-refractivity contribution in [3.8, 4) is 23.1 Å². The molecule has 0 N–H and O–H groups in total. The molecule has 0 radical (unpaired) electrons. The standard InChI is InChI=1S/C27H28N6O2/c1-27(2,3)24-16-25-30-22(20-9-5-10-21(14-20)35-4)15-23(33(25)31-24)26(34)32(13-7-11-28)18-19-8-6-12-29-17-19/h5-6,8-10,12,14-17H,7,13,18H2,1-4H3. The number of methoxy groups -OCH3 is 1. The van der Waals surface area contributed by atoms with Gasteiger partial charge in [-0.1, -0.05) is 39.0 Å². The van der Waals surface area contributed by atoms with E-state index in [1.807, 2.05) is 42.5 Å². The summed E-state index contributed by atoms with van der Waals surface area (Å²) >= 11 is 0. The van der Waals surface area contributed by atoms with E-state index in [1.165, 1.54) is 0 Å². The number of hydrogen-bond acceptors (Lipinski definition) is 6. The maximum absolute atomic E-state index is 13.9. The SMILES string of the molecule is COc1cccc(-c2cc(C(=O)N(CCC#N)Cc3cccnc3)n3nc(C(C)(C)C)cc3n2)c1. The number of fused-ring (bicyclic) bond motifs is 1. The van der Waals surface area contributed by atoms with Gasteiger partial charge in [0.2, 0.25) is 0 Å². The highest BCUT2D eigenvalue weighted by atomic mass is 16.5. The van der Waals surface area contributed by atoms with Gasteiger partial charge < -0.3 is 9.64 Å². The molecule has 1 amide bonds. The van der Waals surface area contributed by atoms with Crippen LogP contribution in [0.5, 0.6) is 5.75 Å². The molecule has 0 saturated carbocycles. The lowest BCUT2D eigenvalue weighted by Gasteiger charge is -2.22. The topological polar surface area (TPSA) is 96.4 Å². The zero-order valence-corrected chi connectivity index (χ0v) is 20.4. The molecule has 0 aliphatic heterocycles. The highest BCUT2D eigenvalue weighted by Crippen LogP contribution is 2.27. The van der Waals surface area contributed by atoms with Crippen molar-refractivity contribution in [3.63, 3.8) is 0 Å². The van der Waals surface area contributed by atoms with Crippen molar-refractivity contribution in [1.82, 2.24) is 24.5 Å². The average Bonchev–Trinajstić information content (AvgIpc) is 3.31. The highest BCUT2D eigenvalue weighted by molar-refractivity contribution is 5.94. The van der Waals surface area contributed by atoms with Crippen molar-refractivity contribution >= 4 is 11.6 Å². The Morgan fingerprint density at radius 3 is 2.69 bits per heavy atom. The average molecular weight is 469 g/mol. The van der Waals surface area contributed by atoms with E-state index in [2.05, 4.69) is 31.8 Å². The van der Waals surface area contributed by atoms with Crippen LogP contribution in [-0.4, -0.2) is 44.0 Å². The predicted octanol–water partition coefficient (Wildman–Crippen LogP) is 4.65. The van der Waals surface area contributed by atoms with Crippen LogP contribution in [0.15, 0.2) is 60.9 Å². The molecule has 8 nitrogen and oxygen atoms in total. The number of benzene rings is 1. The second kappa shape index (κ2) is 9.94. The van der Waals surface area contributed by atoms with Gasteiger partial charge in [-0.15, -0.1) is 0 Å². The number of carbonyl (C=O) groups excluding carboxylic acids is 1. The van der Waals surface area contributed by atoms with E-state index in [4.69, 9.17) is 14.8 Å². The third kappa shape index (κ3) is 5.30. The fraction of sp³-hybridized carbons (Fsp3) is 0.296. The normalized spacial score (nSPS) is 11.3. The first-order valence-electron chi connectivity index (χ1n) is 11.4. The fourth-order valence-electron chi connectivity index (χ4n) is 3.74. The third-order valence-corrected chi connectivity index (χ3v) is 5.66. The Balaban J connectivity index is 1.85. The Labute approximate surface area is 204 Å². The number of aromatic nitrogens is 4. The molecular weight excluding hydrogens is 440 g/mol. The minimum absolute atomic E-state index is 0.218. The molecule has 0 unspecified atom stereocenters. The number of amides is 1. The predicted molar refractivity (Wildman–Crippen MR) is 133 cm³/mol. The van der Waals surface area contributed by atoms with Crippen LogP contribution in [0.4, 0.5) is 0 Å². The van der Waals surface area contributed by atoms with E-state index in [9.17, 15) is 10.1 Å². The molecule has 0 aliphatic rings. The van der Waals surface area contributed by atoms with Crippen LogP contribution < -0.4 is 4.74 Å². The van der Waals surface area contributed by atoms with Gasteiger partial charge in [0, 0.05) is 42.5 Å². The van der Waals surface area contributed by atoms with Crippen LogP contribution in [-0.2, 0) is 12.0 Å². The van der Waals surface area contributed by atoms with Crippen molar-refractivity contribution in [1.29, 1.82) is 5.26 Å². The zero-order chi connectivity index (χ0) is 25.0. The van der Waals surface area contributed by atoms with Crippen LogP contribution in [0, 0.1) is 11.3 Å². The Morgan fingerprint density at radius 1 is 1.17 bits per heavy atom. The van der Waals surface area contributed by atoms with Gasteiger partial charge in [-0.3, -0.25) is 9.78 Å². The van der Waals surface area contributed by atoms with E-state index < -0.39 is 0 Å². The van der Waals surface area contributed by atoms with E-state index in [0.29, 0.717) is 29.3 Å². The zero-order valence-electron chi connectivity index (χ0n) is 20.4. The highest BCUT2D eigenvalue weighted by Gasteiger charge is 2.25. The largest absolute Gasteiger partial charge is 0.497 e. The summed E-state index contributed by atoms with van der Waals surface area (Å²) in [4.78, 5) is 24.5. The first-order chi connectivity index (χ1) is 16.8. The summed E-state index contributed by atoms with van der Waals surface area (Å²) in [6, 6.07) is 17.1. The smallest absolute Gasteiger partial charge is 0.273 e. The van der Waals surface area contributed by atoms with Crippen LogP contribution in [0.3, 0.4) is 0 Å². The molecular formula is C27H28N6O2. The minimum atomic E-state index is -0.232. The monoisotopic (exact) mass is 468 g/mol. The first kappa shape index (κ1) is 23.9. The van der Waals surface area contributed by atoms with Gasteiger partial charge >= 0.3 is 0 Å².